The van der Waals surface area contributed by atoms with Crippen LogP contribution in [0.15, 0.2) is 24.3 Å². The molecule has 0 aliphatic rings. The zero-order valence-corrected chi connectivity index (χ0v) is 15.1. The van der Waals surface area contributed by atoms with Crippen molar-refractivity contribution in [3.05, 3.63) is 45.8 Å². The number of ether oxygens (including phenoxy) is 1. The van der Waals surface area contributed by atoms with Crippen molar-refractivity contribution in [1.29, 1.82) is 0 Å². The van der Waals surface area contributed by atoms with Gasteiger partial charge >= 0.3 is 0 Å². The van der Waals surface area contributed by atoms with Crippen LogP contribution in [0.5, 0.6) is 5.75 Å². The molecule has 0 aliphatic heterocycles. The molecule has 128 valence electrons. The van der Waals surface area contributed by atoms with Gasteiger partial charge in [-0.25, -0.2) is 0 Å². The van der Waals surface area contributed by atoms with Gasteiger partial charge in [0.2, 0.25) is 0 Å². The lowest BCUT2D eigenvalue weighted by Gasteiger charge is -2.18. The largest absolute Gasteiger partial charge is 0.480 e. The van der Waals surface area contributed by atoms with Crippen LogP contribution in [0, 0.1) is 20.8 Å². The molecule has 0 radical (unpaired) electrons. The molecule has 1 aromatic carbocycles. The zero-order valence-electron chi connectivity index (χ0n) is 14.3. The van der Waals surface area contributed by atoms with E-state index in [1.807, 2.05) is 52.0 Å². The number of aryl methyl sites for hydroxylation is 2. The van der Waals surface area contributed by atoms with E-state index < -0.39 is 12.0 Å². The number of carbonyl (C=O) groups excluding carboxylic acids is 2. The predicted molar refractivity (Wildman–Crippen MR) is 96.8 cm³/mol. The topological polar surface area (TPSA) is 81.4 Å². The maximum Gasteiger partial charge on any atom is 0.266 e. The molecule has 0 fully saturated rings. The van der Waals surface area contributed by atoms with Gasteiger partial charge in [-0.15, -0.1) is 11.3 Å². The third kappa shape index (κ3) is 3.76. The first-order valence-corrected chi connectivity index (χ1v) is 8.59. The molecule has 2 amide bonds. The van der Waals surface area contributed by atoms with Gasteiger partial charge in [-0.3, -0.25) is 9.59 Å². The summed E-state index contributed by atoms with van der Waals surface area (Å²) in [5, 5.41) is 3.28. The van der Waals surface area contributed by atoms with Crippen LogP contribution in [0.4, 0.5) is 5.00 Å². The Labute approximate surface area is 145 Å². The fourth-order valence-corrected chi connectivity index (χ4v) is 3.44. The minimum absolute atomic E-state index is 0.287. The van der Waals surface area contributed by atoms with Gasteiger partial charge in [0.15, 0.2) is 6.10 Å². The highest BCUT2D eigenvalue weighted by atomic mass is 32.1. The van der Waals surface area contributed by atoms with E-state index in [9.17, 15) is 9.59 Å². The van der Waals surface area contributed by atoms with Crippen molar-refractivity contribution in [3.63, 3.8) is 0 Å². The Morgan fingerprint density at radius 1 is 1.25 bits per heavy atom. The normalized spacial score (nSPS) is 11.8. The van der Waals surface area contributed by atoms with Gasteiger partial charge in [0, 0.05) is 4.88 Å². The molecular weight excluding hydrogens is 324 g/mol. The van der Waals surface area contributed by atoms with E-state index in [2.05, 4.69) is 5.32 Å². The molecule has 5 nitrogen and oxygen atoms in total. The van der Waals surface area contributed by atoms with E-state index in [0.29, 0.717) is 22.7 Å². The van der Waals surface area contributed by atoms with E-state index in [1.54, 1.807) is 0 Å². The lowest BCUT2D eigenvalue weighted by molar-refractivity contribution is -0.122. The van der Waals surface area contributed by atoms with Gasteiger partial charge in [-0.1, -0.05) is 25.1 Å². The van der Waals surface area contributed by atoms with E-state index in [-0.39, 0.29) is 5.91 Å². The molecule has 1 atom stereocenters. The molecule has 1 heterocycles. The van der Waals surface area contributed by atoms with Crippen LogP contribution in [-0.2, 0) is 4.79 Å². The third-order valence-electron chi connectivity index (χ3n) is 3.89. The summed E-state index contributed by atoms with van der Waals surface area (Å²) in [5.74, 6) is -0.155. The first kappa shape index (κ1) is 18.0. The molecule has 0 saturated heterocycles. The van der Waals surface area contributed by atoms with Crippen LogP contribution < -0.4 is 15.8 Å². The van der Waals surface area contributed by atoms with Crippen molar-refractivity contribution in [2.75, 3.05) is 5.32 Å². The van der Waals surface area contributed by atoms with E-state index in [1.165, 1.54) is 11.3 Å². The minimum atomic E-state index is -0.644. The van der Waals surface area contributed by atoms with Gasteiger partial charge in [-0.2, -0.15) is 0 Å². The average molecular weight is 346 g/mol. The Balaban J connectivity index is 2.20. The van der Waals surface area contributed by atoms with Gasteiger partial charge in [0.1, 0.15) is 10.8 Å². The molecule has 0 aliphatic carbocycles. The number of rotatable bonds is 6. The average Bonchev–Trinajstić information content (AvgIpc) is 2.80. The highest BCUT2D eigenvalue weighted by Crippen LogP contribution is 2.32. The molecule has 2 aromatic rings. The first-order chi connectivity index (χ1) is 11.3. The highest BCUT2D eigenvalue weighted by molar-refractivity contribution is 7.16. The summed E-state index contributed by atoms with van der Waals surface area (Å²) in [4.78, 5) is 25.2. The number of amides is 2. The molecule has 2 rings (SSSR count). The standard InChI is InChI=1S/C18H22N2O3S/c1-5-13(23-14-9-7-6-8-10(14)2)17(22)20-18-15(16(19)21)11(3)12(4)24-18/h6-9,13H,5H2,1-4H3,(H2,19,21)(H,20,22)/t13-/m1/s1. The number of benzene rings is 1. The molecule has 3 N–H and O–H groups in total. The maximum absolute atomic E-state index is 12.6. The Morgan fingerprint density at radius 2 is 1.92 bits per heavy atom. The summed E-state index contributed by atoms with van der Waals surface area (Å²) < 4.78 is 5.84. The van der Waals surface area contributed by atoms with Crippen LogP contribution in [-0.4, -0.2) is 17.9 Å². The van der Waals surface area contributed by atoms with Gasteiger partial charge in [0.05, 0.1) is 5.56 Å². The monoisotopic (exact) mass is 346 g/mol. The fraction of sp³-hybridized carbons (Fsp3) is 0.333. The number of thiophene rings is 1. The van der Waals surface area contributed by atoms with Crippen LogP contribution in [0.25, 0.3) is 0 Å². The van der Waals surface area contributed by atoms with Crippen molar-refractivity contribution in [3.8, 4) is 5.75 Å². The Morgan fingerprint density at radius 3 is 2.50 bits per heavy atom. The number of nitrogens with one attached hydrogen (secondary N) is 1. The highest BCUT2D eigenvalue weighted by Gasteiger charge is 2.24. The predicted octanol–water partition coefficient (Wildman–Crippen LogP) is 3.57. The second kappa shape index (κ2) is 7.49. The summed E-state index contributed by atoms with van der Waals surface area (Å²) in [7, 11) is 0. The van der Waals surface area contributed by atoms with Gasteiger partial charge in [0.25, 0.3) is 11.8 Å². The Bertz CT molecular complexity index is 768. The Hall–Kier alpha value is -2.34. The third-order valence-corrected chi connectivity index (χ3v) is 5.02. The van der Waals surface area contributed by atoms with Crippen molar-refractivity contribution in [2.24, 2.45) is 5.73 Å². The van der Waals surface area contributed by atoms with E-state index in [0.717, 1.165) is 16.0 Å². The van der Waals surface area contributed by atoms with E-state index in [4.69, 9.17) is 10.5 Å². The number of hydrogen-bond acceptors (Lipinski definition) is 4. The first-order valence-electron chi connectivity index (χ1n) is 7.78. The summed E-state index contributed by atoms with van der Waals surface area (Å²) in [6.07, 6.45) is -0.135. The molecule has 1 aromatic heterocycles. The van der Waals surface area contributed by atoms with Crippen molar-refractivity contribution >= 4 is 28.2 Å². The van der Waals surface area contributed by atoms with Crippen molar-refractivity contribution in [1.82, 2.24) is 0 Å². The second-order valence-electron chi connectivity index (χ2n) is 5.62. The van der Waals surface area contributed by atoms with Crippen LogP contribution in [0.2, 0.25) is 0 Å². The fourth-order valence-electron chi connectivity index (χ4n) is 2.37. The minimum Gasteiger partial charge on any atom is -0.480 e. The SMILES string of the molecule is CC[C@@H](Oc1ccccc1C)C(=O)Nc1sc(C)c(C)c1C(N)=O. The number of anilines is 1. The van der Waals surface area contributed by atoms with Crippen LogP contribution >= 0.6 is 11.3 Å². The second-order valence-corrected chi connectivity index (χ2v) is 6.85. The molecule has 0 bridgehead atoms. The number of nitrogens with two attached hydrogens (primary N) is 1. The summed E-state index contributed by atoms with van der Waals surface area (Å²) in [6.45, 7) is 7.52. The quantitative estimate of drug-likeness (QED) is 0.839. The lowest BCUT2D eigenvalue weighted by Crippen LogP contribution is -2.33. The van der Waals surface area contributed by atoms with E-state index >= 15 is 0 Å². The van der Waals surface area contributed by atoms with Gasteiger partial charge in [-0.05, 0) is 44.4 Å². The van der Waals surface area contributed by atoms with Crippen LogP contribution in [0.1, 0.15) is 39.7 Å². The summed E-state index contributed by atoms with van der Waals surface area (Å²) in [5.41, 5.74) is 7.58. The number of primary amides is 1. The smallest absolute Gasteiger partial charge is 0.266 e. The number of hydrogen-bond donors (Lipinski definition) is 2. The zero-order chi connectivity index (χ0) is 17.9. The van der Waals surface area contributed by atoms with Crippen molar-refractivity contribution < 1.29 is 14.3 Å². The lowest BCUT2D eigenvalue weighted by atomic mass is 10.1. The Kier molecular flexibility index (Phi) is 5.62. The summed E-state index contributed by atoms with van der Waals surface area (Å²) in [6, 6.07) is 7.54. The molecule has 0 spiro atoms. The molecule has 6 heteroatoms. The number of carbonyl (C=O) groups is 2. The van der Waals surface area contributed by atoms with Crippen molar-refractivity contribution in [2.45, 2.75) is 40.2 Å². The molecule has 0 unspecified atom stereocenters. The van der Waals surface area contributed by atoms with Crippen LogP contribution in [0.3, 0.4) is 0 Å². The molecule has 0 saturated carbocycles. The molecule has 24 heavy (non-hydrogen) atoms. The maximum atomic E-state index is 12.6. The molecular formula is C18H22N2O3S. The van der Waals surface area contributed by atoms with Gasteiger partial charge < -0.3 is 15.8 Å². The summed E-state index contributed by atoms with van der Waals surface area (Å²) >= 11 is 1.35. The number of para-hydroxylation sites is 1.